The van der Waals surface area contributed by atoms with Crippen molar-refractivity contribution in [1.29, 1.82) is 0 Å². The molecule has 0 aliphatic carbocycles. The first kappa shape index (κ1) is 18.0. The fraction of sp³-hybridized carbons (Fsp3) is 0.333. The summed E-state index contributed by atoms with van der Waals surface area (Å²) < 4.78 is 5.31. The van der Waals surface area contributed by atoms with E-state index < -0.39 is 5.54 Å². The largest absolute Gasteiger partial charge is 0.496 e. The minimum atomic E-state index is -1.04. The first-order chi connectivity index (χ1) is 12.4. The summed E-state index contributed by atoms with van der Waals surface area (Å²) in [6, 6.07) is 14.5. The first-order valence-electron chi connectivity index (χ1n) is 8.80. The molecular weight excluding hydrogens is 328 g/mol. The number of hydrogen-bond donors (Lipinski definition) is 1. The summed E-state index contributed by atoms with van der Waals surface area (Å²) in [6.07, 6.45) is 0.474. The molecule has 3 amide bonds. The smallest absolute Gasteiger partial charge is 0.325 e. The standard InChI is InChI=1S/C21H24N2O3/c1-5-21(17-11-12-18(26-4)14(2)13-17)19(24)23(20(25)22-21)15(3)16-9-7-6-8-10-16/h6-13,15H,5H2,1-4H3,(H,22,25). The molecule has 2 unspecified atom stereocenters. The van der Waals surface area contributed by atoms with E-state index in [1.54, 1.807) is 7.11 Å². The highest BCUT2D eigenvalue weighted by Crippen LogP contribution is 2.37. The molecule has 1 saturated heterocycles. The lowest BCUT2D eigenvalue weighted by molar-refractivity contribution is -0.133. The van der Waals surface area contributed by atoms with E-state index in [1.807, 2.05) is 69.3 Å². The topological polar surface area (TPSA) is 58.6 Å². The van der Waals surface area contributed by atoms with Crippen molar-refractivity contribution in [2.75, 3.05) is 7.11 Å². The molecule has 1 aliphatic rings. The Hall–Kier alpha value is -2.82. The number of urea groups is 1. The number of carbonyl (C=O) groups excluding carboxylic acids is 2. The van der Waals surface area contributed by atoms with E-state index in [1.165, 1.54) is 4.90 Å². The Kier molecular flexibility index (Phi) is 4.72. The Bertz CT molecular complexity index is 834. The van der Waals surface area contributed by atoms with Crippen LogP contribution < -0.4 is 10.1 Å². The number of aryl methyl sites for hydroxylation is 1. The lowest BCUT2D eigenvalue weighted by Crippen LogP contribution is -2.43. The molecular formula is C21H24N2O3. The van der Waals surface area contributed by atoms with Crippen LogP contribution in [0.5, 0.6) is 5.75 Å². The summed E-state index contributed by atoms with van der Waals surface area (Å²) >= 11 is 0. The van der Waals surface area contributed by atoms with Gasteiger partial charge in [0.25, 0.3) is 5.91 Å². The van der Waals surface area contributed by atoms with Crippen LogP contribution in [0.3, 0.4) is 0 Å². The number of benzene rings is 2. The fourth-order valence-electron chi connectivity index (χ4n) is 3.61. The van der Waals surface area contributed by atoms with Crippen molar-refractivity contribution in [1.82, 2.24) is 10.2 Å². The van der Waals surface area contributed by atoms with E-state index in [4.69, 9.17) is 4.74 Å². The summed E-state index contributed by atoms with van der Waals surface area (Å²) in [5.74, 6) is 0.539. The Balaban J connectivity index is 2.01. The average molecular weight is 352 g/mol. The number of nitrogens with zero attached hydrogens (tertiary/aromatic N) is 1. The molecule has 0 radical (unpaired) electrons. The molecule has 2 atom stereocenters. The second-order valence-electron chi connectivity index (χ2n) is 6.64. The molecule has 26 heavy (non-hydrogen) atoms. The van der Waals surface area contributed by atoms with Crippen LogP contribution in [-0.4, -0.2) is 23.9 Å². The van der Waals surface area contributed by atoms with Crippen molar-refractivity contribution < 1.29 is 14.3 Å². The first-order valence-corrected chi connectivity index (χ1v) is 8.80. The molecule has 1 fully saturated rings. The van der Waals surface area contributed by atoms with Gasteiger partial charge >= 0.3 is 6.03 Å². The molecule has 0 aromatic heterocycles. The summed E-state index contributed by atoms with van der Waals surface area (Å²) in [6.45, 7) is 5.71. The summed E-state index contributed by atoms with van der Waals surface area (Å²) in [5, 5.41) is 2.95. The van der Waals surface area contributed by atoms with E-state index in [2.05, 4.69) is 5.32 Å². The van der Waals surface area contributed by atoms with E-state index >= 15 is 0 Å². The zero-order valence-corrected chi connectivity index (χ0v) is 15.6. The highest BCUT2D eigenvalue weighted by Gasteiger charge is 2.52. The zero-order chi connectivity index (χ0) is 18.9. The number of nitrogens with one attached hydrogen (secondary N) is 1. The van der Waals surface area contributed by atoms with Crippen molar-refractivity contribution in [3.63, 3.8) is 0 Å². The minimum Gasteiger partial charge on any atom is -0.496 e. The minimum absolute atomic E-state index is 0.217. The molecule has 5 nitrogen and oxygen atoms in total. The van der Waals surface area contributed by atoms with Crippen LogP contribution in [0.25, 0.3) is 0 Å². The molecule has 0 saturated carbocycles. The predicted molar refractivity (Wildman–Crippen MR) is 99.9 cm³/mol. The predicted octanol–water partition coefficient (Wildman–Crippen LogP) is 3.92. The van der Waals surface area contributed by atoms with Gasteiger partial charge in [0.15, 0.2) is 0 Å². The quantitative estimate of drug-likeness (QED) is 0.830. The maximum atomic E-state index is 13.4. The zero-order valence-electron chi connectivity index (χ0n) is 15.6. The third-order valence-electron chi connectivity index (χ3n) is 5.21. The molecule has 3 rings (SSSR count). The van der Waals surface area contributed by atoms with Crippen LogP contribution in [-0.2, 0) is 10.3 Å². The van der Waals surface area contributed by atoms with Crippen LogP contribution in [0.1, 0.15) is 43.0 Å². The van der Waals surface area contributed by atoms with Gasteiger partial charge in [0.05, 0.1) is 13.2 Å². The molecule has 1 aliphatic heterocycles. The van der Waals surface area contributed by atoms with Gasteiger partial charge in [0, 0.05) is 0 Å². The third kappa shape index (κ3) is 2.73. The van der Waals surface area contributed by atoms with Gasteiger partial charge in [-0.1, -0.05) is 43.3 Å². The Morgan fingerprint density at radius 3 is 2.42 bits per heavy atom. The van der Waals surface area contributed by atoms with Crippen molar-refractivity contribution in [2.24, 2.45) is 0 Å². The van der Waals surface area contributed by atoms with Gasteiger partial charge in [-0.2, -0.15) is 0 Å². The van der Waals surface area contributed by atoms with Crippen LogP contribution in [0, 0.1) is 6.92 Å². The molecule has 136 valence electrons. The molecule has 0 spiro atoms. The second-order valence-corrected chi connectivity index (χ2v) is 6.64. The second kappa shape index (κ2) is 6.83. The summed E-state index contributed by atoms with van der Waals surface area (Å²) in [4.78, 5) is 27.4. The Morgan fingerprint density at radius 1 is 1.15 bits per heavy atom. The highest BCUT2D eigenvalue weighted by atomic mass is 16.5. The maximum Gasteiger partial charge on any atom is 0.325 e. The number of hydrogen-bond acceptors (Lipinski definition) is 3. The van der Waals surface area contributed by atoms with Crippen molar-refractivity contribution in [3.8, 4) is 5.75 Å². The SMILES string of the molecule is CCC1(c2ccc(OC)c(C)c2)NC(=O)N(C(C)c2ccccc2)C1=O. The molecule has 5 heteroatoms. The highest BCUT2D eigenvalue weighted by molar-refractivity contribution is 6.07. The number of rotatable bonds is 5. The monoisotopic (exact) mass is 352 g/mol. The maximum absolute atomic E-state index is 13.4. The van der Waals surface area contributed by atoms with Gasteiger partial charge in [0.1, 0.15) is 11.3 Å². The van der Waals surface area contributed by atoms with Crippen LogP contribution in [0.2, 0.25) is 0 Å². The Morgan fingerprint density at radius 2 is 1.85 bits per heavy atom. The number of carbonyl (C=O) groups is 2. The number of imide groups is 1. The van der Waals surface area contributed by atoms with Gasteiger partial charge < -0.3 is 10.1 Å². The number of amides is 3. The van der Waals surface area contributed by atoms with Gasteiger partial charge in [-0.25, -0.2) is 4.79 Å². The van der Waals surface area contributed by atoms with E-state index in [0.717, 1.165) is 22.4 Å². The summed E-state index contributed by atoms with van der Waals surface area (Å²) in [5.41, 5.74) is 1.58. The average Bonchev–Trinajstić information content (AvgIpc) is 2.92. The van der Waals surface area contributed by atoms with Crippen LogP contribution in [0.4, 0.5) is 4.79 Å². The van der Waals surface area contributed by atoms with E-state index in [9.17, 15) is 9.59 Å². The van der Waals surface area contributed by atoms with Gasteiger partial charge in [-0.3, -0.25) is 9.69 Å². The molecule has 0 bridgehead atoms. The fourth-order valence-corrected chi connectivity index (χ4v) is 3.61. The lowest BCUT2D eigenvalue weighted by Gasteiger charge is -2.28. The van der Waals surface area contributed by atoms with Gasteiger partial charge in [-0.15, -0.1) is 0 Å². The Labute approximate surface area is 154 Å². The molecule has 1 heterocycles. The summed E-state index contributed by atoms with van der Waals surface area (Å²) in [7, 11) is 1.61. The van der Waals surface area contributed by atoms with E-state index in [0.29, 0.717) is 6.42 Å². The molecule has 2 aromatic rings. The third-order valence-corrected chi connectivity index (χ3v) is 5.21. The van der Waals surface area contributed by atoms with Crippen molar-refractivity contribution >= 4 is 11.9 Å². The lowest BCUT2D eigenvalue weighted by atomic mass is 9.86. The van der Waals surface area contributed by atoms with Crippen molar-refractivity contribution in [3.05, 3.63) is 65.2 Å². The molecule has 1 N–H and O–H groups in total. The number of methoxy groups -OCH3 is 1. The van der Waals surface area contributed by atoms with Crippen LogP contribution in [0.15, 0.2) is 48.5 Å². The van der Waals surface area contributed by atoms with E-state index in [-0.39, 0.29) is 18.0 Å². The van der Waals surface area contributed by atoms with Crippen molar-refractivity contribution in [2.45, 2.75) is 38.8 Å². The van der Waals surface area contributed by atoms with Gasteiger partial charge in [-0.05, 0) is 49.1 Å². The normalized spacial score (nSPS) is 20.8. The number of ether oxygens (including phenoxy) is 1. The van der Waals surface area contributed by atoms with Gasteiger partial charge in [0.2, 0.25) is 0 Å². The molecule has 2 aromatic carbocycles. The van der Waals surface area contributed by atoms with Crippen LogP contribution >= 0.6 is 0 Å².